The van der Waals surface area contributed by atoms with Crippen LogP contribution in [0.4, 0.5) is 4.39 Å². The summed E-state index contributed by atoms with van der Waals surface area (Å²) in [5.41, 5.74) is 0.183. The third-order valence-electron chi connectivity index (χ3n) is 3.30. The molecule has 2 rings (SSSR count). The van der Waals surface area contributed by atoms with Crippen LogP contribution >= 0.6 is 11.6 Å². The molecule has 3 nitrogen and oxygen atoms in total. The highest BCUT2D eigenvalue weighted by molar-refractivity contribution is 7.84. The summed E-state index contributed by atoms with van der Waals surface area (Å²) < 4.78 is 25.3. The van der Waals surface area contributed by atoms with Crippen molar-refractivity contribution in [3.05, 3.63) is 34.6 Å². The molecule has 19 heavy (non-hydrogen) atoms. The van der Waals surface area contributed by atoms with Gasteiger partial charge >= 0.3 is 5.97 Å². The van der Waals surface area contributed by atoms with Crippen LogP contribution in [0.2, 0.25) is 5.02 Å². The maximum absolute atomic E-state index is 13.2. The third-order valence-corrected chi connectivity index (χ3v) is 5.29. The average molecular weight is 305 g/mol. The van der Waals surface area contributed by atoms with E-state index < -0.39 is 22.6 Å². The first-order chi connectivity index (χ1) is 8.92. The van der Waals surface area contributed by atoms with Crippen molar-refractivity contribution in [3.8, 4) is 0 Å². The monoisotopic (exact) mass is 304 g/mol. The number of hydrogen-bond acceptors (Lipinski definition) is 2. The molecule has 0 bridgehead atoms. The molecule has 1 saturated carbocycles. The quantitative estimate of drug-likeness (QED) is 0.879. The Morgan fingerprint density at radius 3 is 2.74 bits per heavy atom. The van der Waals surface area contributed by atoms with Crippen molar-refractivity contribution in [2.75, 3.05) is 5.75 Å². The van der Waals surface area contributed by atoms with Crippen molar-refractivity contribution >= 4 is 28.4 Å². The lowest BCUT2D eigenvalue weighted by Gasteiger charge is -2.12. The second kappa shape index (κ2) is 5.59. The number of aliphatic carboxylic acids is 1. The molecule has 1 N–H and O–H groups in total. The van der Waals surface area contributed by atoms with Crippen LogP contribution in [0, 0.1) is 11.2 Å². The molecule has 6 heteroatoms. The largest absolute Gasteiger partial charge is 0.481 e. The van der Waals surface area contributed by atoms with Crippen LogP contribution in [-0.4, -0.2) is 21.0 Å². The van der Waals surface area contributed by atoms with Gasteiger partial charge in [-0.25, -0.2) is 4.39 Å². The number of carboxylic acid groups (broad SMARTS) is 1. The highest BCUT2D eigenvalue weighted by Crippen LogP contribution is 2.49. The minimum atomic E-state index is -1.23. The first kappa shape index (κ1) is 14.5. The summed E-state index contributed by atoms with van der Waals surface area (Å²) in [6, 6.07) is 4.42. The van der Waals surface area contributed by atoms with E-state index in [4.69, 9.17) is 16.7 Å². The lowest BCUT2D eigenvalue weighted by Crippen LogP contribution is -2.17. The van der Waals surface area contributed by atoms with Gasteiger partial charge in [-0.1, -0.05) is 23.7 Å². The number of carboxylic acids is 1. The SMILES string of the molecule is O=C(O)CC1(CS(=O)Cc2cccc(F)c2Cl)CC1. The van der Waals surface area contributed by atoms with Crippen LogP contribution < -0.4 is 0 Å². The molecule has 0 amide bonds. The van der Waals surface area contributed by atoms with Gasteiger partial charge in [-0.15, -0.1) is 0 Å². The van der Waals surface area contributed by atoms with E-state index in [1.165, 1.54) is 12.1 Å². The molecule has 1 aliphatic carbocycles. The Balaban J connectivity index is 1.98. The fourth-order valence-corrected chi connectivity index (χ4v) is 4.13. The number of rotatable bonds is 6. The van der Waals surface area contributed by atoms with Gasteiger partial charge < -0.3 is 5.11 Å². The molecule has 0 heterocycles. The second-order valence-corrected chi connectivity index (χ2v) is 6.85. The smallest absolute Gasteiger partial charge is 0.303 e. The van der Waals surface area contributed by atoms with Gasteiger partial charge in [0.15, 0.2) is 0 Å². The zero-order valence-electron chi connectivity index (χ0n) is 10.2. The van der Waals surface area contributed by atoms with E-state index in [0.29, 0.717) is 11.3 Å². The number of benzene rings is 1. The molecule has 104 valence electrons. The number of halogens is 2. The Morgan fingerprint density at radius 2 is 2.16 bits per heavy atom. The zero-order chi connectivity index (χ0) is 14.0. The summed E-state index contributed by atoms with van der Waals surface area (Å²) in [5.74, 6) is -0.884. The Kier molecular flexibility index (Phi) is 4.26. The van der Waals surface area contributed by atoms with Crippen molar-refractivity contribution in [2.24, 2.45) is 5.41 Å². The fraction of sp³-hybridized carbons (Fsp3) is 0.462. The van der Waals surface area contributed by atoms with E-state index in [2.05, 4.69) is 0 Å². The Hall–Kier alpha value is -0.940. The first-order valence-corrected chi connectivity index (χ1v) is 7.78. The number of carbonyl (C=O) groups is 1. The molecule has 1 aromatic carbocycles. The molecule has 0 radical (unpaired) electrons. The summed E-state index contributed by atoms with van der Waals surface area (Å²) in [7, 11) is -1.23. The Bertz CT molecular complexity index is 529. The predicted octanol–water partition coefficient (Wildman–Crippen LogP) is 2.98. The molecular weight excluding hydrogens is 291 g/mol. The molecule has 1 atom stereocenters. The van der Waals surface area contributed by atoms with E-state index in [1.54, 1.807) is 6.07 Å². The van der Waals surface area contributed by atoms with Gasteiger partial charge in [0.2, 0.25) is 0 Å². The molecule has 0 saturated heterocycles. The van der Waals surface area contributed by atoms with Crippen LogP contribution in [-0.2, 0) is 21.3 Å². The van der Waals surface area contributed by atoms with E-state index in [-0.39, 0.29) is 22.6 Å². The normalized spacial score (nSPS) is 18.0. The summed E-state index contributed by atoms with van der Waals surface area (Å²) in [6.45, 7) is 0. The summed E-state index contributed by atoms with van der Waals surface area (Å²) in [4.78, 5) is 10.7. The van der Waals surface area contributed by atoms with Gasteiger partial charge in [0.25, 0.3) is 0 Å². The maximum Gasteiger partial charge on any atom is 0.303 e. The zero-order valence-corrected chi connectivity index (χ0v) is 11.8. The number of hydrogen-bond donors (Lipinski definition) is 1. The molecule has 0 aliphatic heterocycles. The van der Waals surface area contributed by atoms with E-state index >= 15 is 0 Å². The van der Waals surface area contributed by atoms with Crippen molar-refractivity contribution in [2.45, 2.75) is 25.0 Å². The van der Waals surface area contributed by atoms with Crippen molar-refractivity contribution in [1.29, 1.82) is 0 Å². The molecule has 1 unspecified atom stereocenters. The summed E-state index contributed by atoms with van der Waals surface area (Å²) >= 11 is 5.80. The van der Waals surface area contributed by atoms with E-state index in [0.717, 1.165) is 12.8 Å². The van der Waals surface area contributed by atoms with Crippen LogP contribution in [0.1, 0.15) is 24.8 Å². The standard InChI is InChI=1S/C13H14ClFO3S/c14-12-9(2-1-3-10(12)15)7-19(18)8-13(4-5-13)6-11(16)17/h1-3H,4-8H2,(H,16,17). The van der Waals surface area contributed by atoms with Gasteiger partial charge in [0, 0.05) is 16.6 Å². The van der Waals surface area contributed by atoms with Crippen LogP contribution in [0.15, 0.2) is 18.2 Å². The summed E-state index contributed by atoms with van der Waals surface area (Å²) in [6.07, 6.45) is 1.64. The molecule has 0 spiro atoms. The van der Waals surface area contributed by atoms with Gasteiger partial charge in [0.1, 0.15) is 5.82 Å². The lowest BCUT2D eigenvalue weighted by atomic mass is 10.1. The van der Waals surface area contributed by atoms with E-state index in [9.17, 15) is 13.4 Å². The molecule has 1 fully saturated rings. The third kappa shape index (κ3) is 3.76. The summed E-state index contributed by atoms with van der Waals surface area (Å²) in [5, 5.41) is 8.80. The highest BCUT2D eigenvalue weighted by Gasteiger charge is 2.45. The van der Waals surface area contributed by atoms with Gasteiger partial charge in [-0.3, -0.25) is 9.00 Å². The fourth-order valence-electron chi connectivity index (χ4n) is 2.10. The molecule has 1 aliphatic rings. The maximum atomic E-state index is 13.2. The Labute approximate surface area is 118 Å². The first-order valence-electron chi connectivity index (χ1n) is 5.92. The van der Waals surface area contributed by atoms with Crippen LogP contribution in [0.3, 0.4) is 0 Å². The minimum absolute atomic E-state index is 0.000989. The lowest BCUT2D eigenvalue weighted by molar-refractivity contribution is -0.138. The van der Waals surface area contributed by atoms with Crippen molar-refractivity contribution < 1.29 is 18.5 Å². The van der Waals surface area contributed by atoms with Crippen molar-refractivity contribution in [3.63, 3.8) is 0 Å². The molecular formula is C13H14ClFO3S. The molecule has 0 aromatic heterocycles. The average Bonchev–Trinajstić information content (AvgIpc) is 3.03. The van der Waals surface area contributed by atoms with Crippen LogP contribution in [0.5, 0.6) is 0 Å². The highest BCUT2D eigenvalue weighted by atomic mass is 35.5. The van der Waals surface area contributed by atoms with Crippen molar-refractivity contribution in [1.82, 2.24) is 0 Å². The van der Waals surface area contributed by atoms with Gasteiger partial charge in [0.05, 0.1) is 17.2 Å². The van der Waals surface area contributed by atoms with Gasteiger partial charge in [-0.05, 0) is 29.9 Å². The van der Waals surface area contributed by atoms with Crippen LogP contribution in [0.25, 0.3) is 0 Å². The topological polar surface area (TPSA) is 54.4 Å². The van der Waals surface area contributed by atoms with E-state index in [1.807, 2.05) is 0 Å². The molecule has 1 aromatic rings. The second-order valence-electron chi connectivity index (χ2n) is 5.01. The Morgan fingerprint density at radius 1 is 1.47 bits per heavy atom. The minimum Gasteiger partial charge on any atom is -0.481 e. The predicted molar refractivity (Wildman–Crippen MR) is 72.0 cm³/mol. The van der Waals surface area contributed by atoms with Gasteiger partial charge in [-0.2, -0.15) is 0 Å².